The fourth-order valence-corrected chi connectivity index (χ4v) is 2.91. The molecule has 122 valence electrons. The maximum absolute atomic E-state index is 12.4. The van der Waals surface area contributed by atoms with E-state index in [4.69, 9.17) is 11.6 Å². The highest BCUT2D eigenvalue weighted by atomic mass is 79.9. The summed E-state index contributed by atoms with van der Waals surface area (Å²) in [5.74, 6) is -0.425. The number of carbonyl (C=O) groups is 1. The number of halogens is 2. The maximum Gasteiger partial charge on any atom is 0.257 e. The number of hydrogen-bond acceptors (Lipinski definition) is 3. The molecule has 2 aromatic carbocycles. The van der Waals surface area contributed by atoms with Gasteiger partial charge in [-0.3, -0.25) is 9.10 Å². The normalized spacial score (nSPS) is 11.1. The molecule has 5 nitrogen and oxygen atoms in total. The molecule has 0 unspecified atom stereocenters. The Hall–Kier alpha value is -1.57. The van der Waals surface area contributed by atoms with Crippen molar-refractivity contribution in [2.45, 2.75) is 0 Å². The third kappa shape index (κ3) is 4.25. The number of benzene rings is 2. The van der Waals surface area contributed by atoms with E-state index in [0.29, 0.717) is 11.4 Å². The minimum Gasteiger partial charge on any atom is -0.321 e. The monoisotopic (exact) mass is 416 g/mol. The highest BCUT2D eigenvalue weighted by Gasteiger charge is 2.17. The van der Waals surface area contributed by atoms with E-state index in [9.17, 15) is 13.2 Å². The maximum atomic E-state index is 12.4. The Morgan fingerprint density at radius 1 is 1.22 bits per heavy atom. The molecule has 0 bridgehead atoms. The second kappa shape index (κ2) is 6.90. The van der Waals surface area contributed by atoms with E-state index < -0.39 is 15.9 Å². The van der Waals surface area contributed by atoms with E-state index in [1.807, 2.05) is 6.07 Å². The fraction of sp³-hybridized carbons (Fsp3) is 0.133. The standard InChI is InChI=1S/C15H14BrClN2O3S/c1-19(23(2,21)22)10-7-8-13(17)11(9-10)15(20)18-14-6-4-3-5-12(14)16/h3-9H,1-2H3,(H,18,20). The van der Waals surface area contributed by atoms with Gasteiger partial charge in [0.2, 0.25) is 10.0 Å². The van der Waals surface area contributed by atoms with Crippen LogP contribution in [0.5, 0.6) is 0 Å². The lowest BCUT2D eigenvalue weighted by Gasteiger charge is -2.18. The van der Waals surface area contributed by atoms with Gasteiger partial charge in [-0.2, -0.15) is 0 Å². The van der Waals surface area contributed by atoms with Gasteiger partial charge in [0.1, 0.15) is 0 Å². The first-order valence-corrected chi connectivity index (χ1v) is 9.51. The SMILES string of the molecule is CN(c1ccc(Cl)c(C(=O)Nc2ccccc2Br)c1)S(C)(=O)=O. The molecule has 2 rings (SSSR count). The van der Waals surface area contributed by atoms with Crippen molar-refractivity contribution in [3.63, 3.8) is 0 Å². The van der Waals surface area contributed by atoms with E-state index in [1.165, 1.54) is 19.2 Å². The first kappa shape index (κ1) is 17.8. The first-order valence-electron chi connectivity index (χ1n) is 6.49. The zero-order chi connectivity index (χ0) is 17.2. The average Bonchev–Trinajstić information content (AvgIpc) is 2.48. The average molecular weight is 418 g/mol. The van der Waals surface area contributed by atoms with E-state index in [1.54, 1.807) is 24.3 Å². The molecule has 0 heterocycles. The van der Waals surface area contributed by atoms with Crippen molar-refractivity contribution in [1.82, 2.24) is 0 Å². The van der Waals surface area contributed by atoms with Crippen molar-refractivity contribution in [2.24, 2.45) is 0 Å². The van der Waals surface area contributed by atoms with Gasteiger partial charge in [-0.25, -0.2) is 8.42 Å². The van der Waals surface area contributed by atoms with Gasteiger partial charge in [-0.1, -0.05) is 23.7 Å². The summed E-state index contributed by atoms with van der Waals surface area (Å²) in [4.78, 5) is 12.4. The van der Waals surface area contributed by atoms with Crippen LogP contribution >= 0.6 is 27.5 Å². The Morgan fingerprint density at radius 3 is 2.48 bits per heavy atom. The number of rotatable bonds is 4. The lowest BCUT2D eigenvalue weighted by Crippen LogP contribution is -2.25. The van der Waals surface area contributed by atoms with Gasteiger partial charge in [-0.05, 0) is 46.3 Å². The number of sulfonamides is 1. The van der Waals surface area contributed by atoms with Crippen LogP contribution in [0, 0.1) is 0 Å². The molecule has 0 aromatic heterocycles. The van der Waals surface area contributed by atoms with E-state index >= 15 is 0 Å². The Morgan fingerprint density at radius 2 is 1.87 bits per heavy atom. The second-order valence-electron chi connectivity index (χ2n) is 4.83. The highest BCUT2D eigenvalue weighted by molar-refractivity contribution is 9.10. The van der Waals surface area contributed by atoms with Gasteiger partial charge in [0.15, 0.2) is 0 Å². The quantitative estimate of drug-likeness (QED) is 0.824. The third-order valence-corrected chi connectivity index (χ3v) is 5.40. The topological polar surface area (TPSA) is 66.5 Å². The first-order chi connectivity index (χ1) is 10.7. The Labute approximate surface area is 148 Å². The van der Waals surface area contributed by atoms with Crippen LogP contribution in [0.2, 0.25) is 5.02 Å². The summed E-state index contributed by atoms with van der Waals surface area (Å²) in [6.07, 6.45) is 1.09. The number of para-hydroxylation sites is 1. The molecule has 0 aliphatic heterocycles. The molecule has 1 amide bonds. The van der Waals surface area contributed by atoms with Crippen molar-refractivity contribution < 1.29 is 13.2 Å². The summed E-state index contributed by atoms with van der Waals surface area (Å²) < 4.78 is 25.1. The van der Waals surface area contributed by atoms with Gasteiger partial charge < -0.3 is 5.32 Å². The van der Waals surface area contributed by atoms with Crippen molar-refractivity contribution in [1.29, 1.82) is 0 Å². The number of nitrogens with zero attached hydrogens (tertiary/aromatic N) is 1. The van der Waals surface area contributed by atoms with Crippen molar-refractivity contribution in [2.75, 3.05) is 22.9 Å². The fourth-order valence-electron chi connectivity index (χ4n) is 1.83. The smallest absolute Gasteiger partial charge is 0.257 e. The number of amides is 1. The molecule has 0 saturated heterocycles. The van der Waals surface area contributed by atoms with Crippen LogP contribution in [0.4, 0.5) is 11.4 Å². The second-order valence-corrected chi connectivity index (χ2v) is 8.10. The van der Waals surface area contributed by atoms with Crippen molar-refractivity contribution in [3.05, 3.63) is 57.5 Å². The molecule has 23 heavy (non-hydrogen) atoms. The van der Waals surface area contributed by atoms with E-state index in [2.05, 4.69) is 21.2 Å². The number of carbonyl (C=O) groups excluding carboxylic acids is 1. The van der Waals surface area contributed by atoms with E-state index in [-0.39, 0.29) is 10.6 Å². The largest absolute Gasteiger partial charge is 0.321 e. The number of anilines is 2. The van der Waals surface area contributed by atoms with Gasteiger partial charge in [0.05, 0.1) is 28.2 Å². The Kier molecular flexibility index (Phi) is 5.33. The summed E-state index contributed by atoms with van der Waals surface area (Å²) in [6.45, 7) is 0. The van der Waals surface area contributed by atoms with Gasteiger partial charge in [0.25, 0.3) is 5.91 Å². The Balaban J connectivity index is 2.35. The molecule has 0 atom stereocenters. The van der Waals surface area contributed by atoms with Crippen LogP contribution in [0.25, 0.3) is 0 Å². The summed E-state index contributed by atoms with van der Waals surface area (Å²) in [7, 11) is -2.01. The lowest BCUT2D eigenvalue weighted by molar-refractivity contribution is 0.102. The van der Waals surface area contributed by atoms with Crippen molar-refractivity contribution in [3.8, 4) is 0 Å². The molecule has 8 heteroatoms. The number of nitrogens with one attached hydrogen (secondary N) is 1. The summed E-state index contributed by atoms with van der Waals surface area (Å²) >= 11 is 9.42. The van der Waals surface area contributed by atoms with Crippen molar-refractivity contribution >= 4 is 54.8 Å². The zero-order valence-corrected chi connectivity index (χ0v) is 15.5. The zero-order valence-electron chi connectivity index (χ0n) is 12.4. The summed E-state index contributed by atoms with van der Waals surface area (Å²) in [5, 5.41) is 2.97. The van der Waals surface area contributed by atoms with Gasteiger partial charge in [0, 0.05) is 11.5 Å². The predicted molar refractivity (Wildman–Crippen MR) is 96.8 cm³/mol. The lowest BCUT2D eigenvalue weighted by atomic mass is 10.1. The van der Waals surface area contributed by atoms with E-state index in [0.717, 1.165) is 15.0 Å². The molecular weight excluding hydrogens is 404 g/mol. The molecule has 0 spiro atoms. The highest BCUT2D eigenvalue weighted by Crippen LogP contribution is 2.26. The summed E-state index contributed by atoms with van der Waals surface area (Å²) in [6, 6.07) is 11.6. The molecule has 1 N–H and O–H groups in total. The molecule has 0 radical (unpaired) electrons. The van der Waals surface area contributed by atoms with Gasteiger partial charge >= 0.3 is 0 Å². The summed E-state index contributed by atoms with van der Waals surface area (Å²) in [5.41, 5.74) is 1.14. The molecule has 2 aromatic rings. The van der Waals surface area contributed by atoms with Crippen LogP contribution in [0.15, 0.2) is 46.9 Å². The molecule has 0 saturated carbocycles. The van der Waals surface area contributed by atoms with Crippen LogP contribution in [-0.2, 0) is 10.0 Å². The Bertz CT molecular complexity index is 856. The third-order valence-electron chi connectivity index (χ3n) is 3.18. The predicted octanol–water partition coefficient (Wildman–Crippen LogP) is 3.75. The minimum atomic E-state index is -3.43. The molecule has 0 aliphatic carbocycles. The van der Waals surface area contributed by atoms with Crippen LogP contribution < -0.4 is 9.62 Å². The molecule has 0 fully saturated rings. The van der Waals surface area contributed by atoms with Crippen LogP contribution in [0.1, 0.15) is 10.4 Å². The van der Waals surface area contributed by atoms with Gasteiger partial charge in [-0.15, -0.1) is 0 Å². The molecular formula is C15H14BrClN2O3S. The minimum absolute atomic E-state index is 0.190. The molecule has 0 aliphatic rings. The van der Waals surface area contributed by atoms with Crippen LogP contribution in [0.3, 0.4) is 0 Å². The van der Waals surface area contributed by atoms with Crippen LogP contribution in [-0.4, -0.2) is 27.6 Å². The number of hydrogen-bond donors (Lipinski definition) is 1.